The van der Waals surface area contributed by atoms with Crippen molar-refractivity contribution in [1.29, 1.82) is 0 Å². The highest BCUT2D eigenvalue weighted by Gasteiger charge is 2.13. The summed E-state index contributed by atoms with van der Waals surface area (Å²) < 4.78 is 15.7. The number of pyridine rings is 3. The Balaban J connectivity index is 1.73. The van der Waals surface area contributed by atoms with Crippen molar-refractivity contribution in [3.05, 3.63) is 60.4 Å². The van der Waals surface area contributed by atoms with E-state index in [0.29, 0.717) is 33.8 Å². The zero-order valence-electron chi connectivity index (χ0n) is 14.9. The first kappa shape index (κ1) is 17.5. The molecular weight excluding hydrogens is 361 g/mol. The summed E-state index contributed by atoms with van der Waals surface area (Å²) in [5, 5.41) is 7.41. The number of anilines is 2. The Morgan fingerprint density at radius 2 is 2.04 bits per heavy atom. The number of nitrogens with one attached hydrogen (secondary N) is 1. The Bertz CT molecular complexity index is 1190. The number of nitrogens with two attached hydrogens (primary N) is 1. The Kier molecular flexibility index (Phi) is 4.40. The number of rotatable bonds is 5. The molecule has 0 aliphatic heterocycles. The van der Waals surface area contributed by atoms with Crippen molar-refractivity contribution in [3.8, 4) is 11.4 Å². The van der Waals surface area contributed by atoms with Gasteiger partial charge in [0.1, 0.15) is 23.3 Å². The molecule has 0 unspecified atom stereocenters. The molecule has 0 radical (unpaired) electrons. The van der Waals surface area contributed by atoms with Crippen LogP contribution in [0.3, 0.4) is 0 Å². The standard InChI is InChI=1S/C19H16FN7O/c1-11-2-3-13(20)18(25-11)15-8-12(4-6-22-15)26-14-5-7-23-16-9-24-27(19(14)16)10-17(21)28/h2-9H,10H2,1H3,(H2,21,28)(H,22,23,26). The third-order valence-corrected chi connectivity index (χ3v) is 4.10. The maximum absolute atomic E-state index is 14.2. The third-order valence-electron chi connectivity index (χ3n) is 4.10. The first-order chi connectivity index (χ1) is 13.5. The molecule has 0 fully saturated rings. The fraction of sp³-hybridized carbons (Fsp3) is 0.105. The Morgan fingerprint density at radius 3 is 2.86 bits per heavy atom. The molecule has 9 heteroatoms. The fourth-order valence-corrected chi connectivity index (χ4v) is 2.90. The Labute approximate surface area is 159 Å². The quantitative estimate of drug-likeness (QED) is 0.553. The van der Waals surface area contributed by atoms with Crippen LogP contribution in [0.5, 0.6) is 0 Å². The molecule has 4 heterocycles. The number of halogens is 1. The Morgan fingerprint density at radius 1 is 1.21 bits per heavy atom. The molecule has 1 amide bonds. The summed E-state index contributed by atoms with van der Waals surface area (Å²) in [5.41, 5.74) is 9.19. The van der Waals surface area contributed by atoms with E-state index in [1.807, 2.05) is 0 Å². The first-order valence-corrected chi connectivity index (χ1v) is 8.46. The van der Waals surface area contributed by atoms with Crippen LogP contribution in [-0.4, -0.2) is 30.6 Å². The van der Waals surface area contributed by atoms with Crippen LogP contribution < -0.4 is 11.1 Å². The van der Waals surface area contributed by atoms with Gasteiger partial charge in [0.25, 0.3) is 0 Å². The van der Waals surface area contributed by atoms with Crippen molar-refractivity contribution in [2.24, 2.45) is 5.73 Å². The van der Waals surface area contributed by atoms with Crippen LogP contribution in [0.2, 0.25) is 0 Å². The number of aryl methyl sites for hydroxylation is 1. The van der Waals surface area contributed by atoms with Crippen molar-refractivity contribution in [1.82, 2.24) is 24.7 Å². The lowest BCUT2D eigenvalue weighted by Gasteiger charge is -2.11. The van der Waals surface area contributed by atoms with E-state index in [-0.39, 0.29) is 12.2 Å². The molecule has 0 saturated carbocycles. The van der Waals surface area contributed by atoms with E-state index >= 15 is 0 Å². The van der Waals surface area contributed by atoms with Gasteiger partial charge in [-0.2, -0.15) is 5.10 Å². The molecule has 4 rings (SSSR count). The largest absolute Gasteiger partial charge is 0.368 e. The number of hydrogen-bond donors (Lipinski definition) is 2. The van der Waals surface area contributed by atoms with Crippen LogP contribution in [-0.2, 0) is 11.3 Å². The molecule has 4 aromatic rings. The molecule has 4 aromatic heterocycles. The van der Waals surface area contributed by atoms with Gasteiger partial charge >= 0.3 is 0 Å². The zero-order chi connectivity index (χ0) is 19.7. The summed E-state index contributed by atoms with van der Waals surface area (Å²) in [5.74, 6) is -0.951. The second-order valence-corrected chi connectivity index (χ2v) is 6.20. The third kappa shape index (κ3) is 3.37. The number of aromatic nitrogens is 5. The highest BCUT2D eigenvalue weighted by Crippen LogP contribution is 2.27. The van der Waals surface area contributed by atoms with Crippen LogP contribution in [0.1, 0.15) is 5.69 Å². The average molecular weight is 377 g/mol. The van der Waals surface area contributed by atoms with Gasteiger partial charge in [-0.25, -0.2) is 9.37 Å². The minimum atomic E-state index is -0.507. The van der Waals surface area contributed by atoms with Crippen LogP contribution in [0, 0.1) is 12.7 Å². The molecule has 0 aliphatic carbocycles. The number of hydrogen-bond acceptors (Lipinski definition) is 6. The topological polar surface area (TPSA) is 112 Å². The lowest BCUT2D eigenvalue weighted by Crippen LogP contribution is -2.19. The molecule has 28 heavy (non-hydrogen) atoms. The molecule has 0 saturated heterocycles. The van der Waals surface area contributed by atoms with Gasteiger partial charge in [0, 0.05) is 23.8 Å². The van der Waals surface area contributed by atoms with Gasteiger partial charge < -0.3 is 11.1 Å². The Hall–Kier alpha value is -3.88. The second kappa shape index (κ2) is 7.03. The van der Waals surface area contributed by atoms with Gasteiger partial charge in [-0.1, -0.05) is 0 Å². The SMILES string of the molecule is Cc1ccc(F)c(-c2cc(Nc3ccnc4cnn(CC(N)=O)c34)ccn2)n1. The van der Waals surface area contributed by atoms with Gasteiger partial charge in [0.05, 0.1) is 17.6 Å². The minimum absolute atomic E-state index is 0.0656. The van der Waals surface area contributed by atoms with Crippen molar-refractivity contribution >= 4 is 28.3 Å². The number of primary amides is 1. The highest BCUT2D eigenvalue weighted by molar-refractivity contribution is 5.90. The molecule has 0 aliphatic rings. The van der Waals surface area contributed by atoms with Gasteiger partial charge in [-0.3, -0.25) is 19.4 Å². The molecule has 3 N–H and O–H groups in total. The van der Waals surface area contributed by atoms with Crippen LogP contribution in [0.4, 0.5) is 15.8 Å². The predicted octanol–water partition coefficient (Wildman–Crippen LogP) is 2.56. The van der Waals surface area contributed by atoms with Crippen LogP contribution in [0.25, 0.3) is 22.4 Å². The van der Waals surface area contributed by atoms with E-state index in [1.54, 1.807) is 49.8 Å². The van der Waals surface area contributed by atoms with Gasteiger partial charge in [-0.05, 0) is 37.3 Å². The van der Waals surface area contributed by atoms with Gasteiger partial charge in [0.15, 0.2) is 5.82 Å². The molecule has 0 spiro atoms. The van der Waals surface area contributed by atoms with Crippen LogP contribution in [0.15, 0.2) is 48.9 Å². The van der Waals surface area contributed by atoms with Crippen molar-refractivity contribution in [2.45, 2.75) is 13.5 Å². The van der Waals surface area contributed by atoms with Gasteiger partial charge in [0.2, 0.25) is 5.91 Å². The monoisotopic (exact) mass is 377 g/mol. The smallest absolute Gasteiger partial charge is 0.239 e. The molecule has 0 bridgehead atoms. The van der Waals surface area contributed by atoms with Crippen molar-refractivity contribution in [3.63, 3.8) is 0 Å². The fourth-order valence-electron chi connectivity index (χ4n) is 2.90. The first-order valence-electron chi connectivity index (χ1n) is 8.46. The minimum Gasteiger partial charge on any atom is -0.368 e. The molecule has 0 aromatic carbocycles. The van der Waals surface area contributed by atoms with E-state index in [2.05, 4.69) is 25.4 Å². The zero-order valence-corrected chi connectivity index (χ0v) is 14.9. The number of carbonyl (C=O) groups is 1. The maximum Gasteiger partial charge on any atom is 0.239 e. The molecular formula is C19H16FN7O. The van der Waals surface area contributed by atoms with E-state index < -0.39 is 11.7 Å². The molecule has 140 valence electrons. The van der Waals surface area contributed by atoms with E-state index in [4.69, 9.17) is 5.73 Å². The molecule has 8 nitrogen and oxygen atoms in total. The number of amides is 1. The van der Waals surface area contributed by atoms with Crippen LogP contribution >= 0.6 is 0 Å². The molecule has 0 atom stereocenters. The average Bonchev–Trinajstić information content (AvgIpc) is 3.07. The van der Waals surface area contributed by atoms with E-state index in [1.165, 1.54) is 10.7 Å². The predicted molar refractivity (Wildman–Crippen MR) is 102 cm³/mol. The summed E-state index contributed by atoms with van der Waals surface area (Å²) in [7, 11) is 0. The summed E-state index contributed by atoms with van der Waals surface area (Å²) in [6.07, 6.45) is 4.76. The lowest BCUT2D eigenvalue weighted by atomic mass is 10.2. The van der Waals surface area contributed by atoms with E-state index in [9.17, 15) is 9.18 Å². The van der Waals surface area contributed by atoms with Gasteiger partial charge in [-0.15, -0.1) is 0 Å². The summed E-state index contributed by atoms with van der Waals surface area (Å²) >= 11 is 0. The maximum atomic E-state index is 14.2. The van der Waals surface area contributed by atoms with E-state index in [0.717, 1.165) is 0 Å². The summed E-state index contributed by atoms with van der Waals surface area (Å²) in [4.78, 5) is 24.0. The normalized spacial score (nSPS) is 10.9. The van der Waals surface area contributed by atoms with Crippen molar-refractivity contribution in [2.75, 3.05) is 5.32 Å². The lowest BCUT2D eigenvalue weighted by molar-refractivity contribution is -0.118. The second-order valence-electron chi connectivity index (χ2n) is 6.20. The summed E-state index contributed by atoms with van der Waals surface area (Å²) in [6, 6.07) is 8.18. The number of carbonyl (C=O) groups excluding carboxylic acids is 1. The number of nitrogens with zero attached hydrogens (tertiary/aromatic N) is 5. The highest BCUT2D eigenvalue weighted by atomic mass is 19.1. The summed E-state index contributed by atoms with van der Waals surface area (Å²) in [6.45, 7) is 1.72. The van der Waals surface area contributed by atoms with Crippen molar-refractivity contribution < 1.29 is 9.18 Å². The number of fused-ring (bicyclic) bond motifs is 1.